The van der Waals surface area contributed by atoms with E-state index in [0.29, 0.717) is 0 Å². The molecule has 0 bridgehead atoms. The van der Waals surface area contributed by atoms with Gasteiger partial charge in [0.15, 0.2) is 3.01 Å². The van der Waals surface area contributed by atoms with Gasteiger partial charge < -0.3 is 5.11 Å². The third-order valence-corrected chi connectivity index (χ3v) is 3.34. The molecule has 0 spiro atoms. The van der Waals surface area contributed by atoms with Crippen molar-refractivity contribution < 1.29 is 9.90 Å². The average Bonchev–Trinajstić information content (AvgIpc) is 2.42. The number of carbonyl (C=O) groups is 1. The summed E-state index contributed by atoms with van der Waals surface area (Å²) in [6.07, 6.45) is 0. The van der Waals surface area contributed by atoms with Gasteiger partial charge in [-0.15, -0.1) is 11.3 Å². The molecule has 0 aliphatic heterocycles. The minimum Gasteiger partial charge on any atom is -0.478 e. The molecule has 0 aliphatic rings. The fourth-order valence-corrected chi connectivity index (χ4v) is 2.67. The van der Waals surface area contributed by atoms with Gasteiger partial charge in [-0.3, -0.25) is 0 Å². The van der Waals surface area contributed by atoms with Gasteiger partial charge in [0.2, 0.25) is 0 Å². The summed E-state index contributed by atoms with van der Waals surface area (Å²) in [5.41, 5.74) is 1.04. The lowest BCUT2D eigenvalue weighted by atomic mass is 10.2. The minimum atomic E-state index is -0.912. The van der Waals surface area contributed by atoms with Crippen LogP contribution in [-0.4, -0.2) is 16.1 Å². The van der Waals surface area contributed by atoms with Crippen LogP contribution < -0.4 is 0 Å². The van der Waals surface area contributed by atoms with Crippen LogP contribution >= 0.6 is 33.9 Å². The van der Waals surface area contributed by atoms with E-state index in [4.69, 9.17) is 5.11 Å². The van der Waals surface area contributed by atoms with Crippen molar-refractivity contribution >= 4 is 50.1 Å². The van der Waals surface area contributed by atoms with E-state index in [1.165, 1.54) is 0 Å². The van der Waals surface area contributed by atoms with Crippen LogP contribution in [-0.2, 0) is 0 Å². The predicted molar refractivity (Wildman–Crippen MR) is 59.3 cm³/mol. The summed E-state index contributed by atoms with van der Waals surface area (Å²) >= 11 is 3.68. The first-order valence-corrected chi connectivity index (χ1v) is 5.36. The van der Waals surface area contributed by atoms with Gasteiger partial charge in [-0.25, -0.2) is 9.78 Å². The third-order valence-electron chi connectivity index (χ3n) is 1.61. The van der Waals surface area contributed by atoms with Crippen molar-refractivity contribution in [3.8, 4) is 0 Å². The molecule has 0 amide bonds. The maximum atomic E-state index is 10.6. The number of fused-ring (bicyclic) bond motifs is 1. The molecule has 2 aromatic rings. The molecule has 3 nitrogen and oxygen atoms in total. The Balaban J connectivity index is 2.67. The van der Waals surface area contributed by atoms with Gasteiger partial charge >= 0.3 is 5.97 Å². The summed E-state index contributed by atoms with van der Waals surface area (Å²) in [7, 11) is 0. The molecular formula is C8H4INO2S. The number of aromatic nitrogens is 1. The number of benzene rings is 1. The number of hydrogen-bond donors (Lipinski definition) is 1. The molecule has 2 rings (SSSR count). The zero-order valence-electron chi connectivity index (χ0n) is 6.32. The quantitative estimate of drug-likeness (QED) is 0.824. The summed E-state index contributed by atoms with van der Waals surface area (Å²) < 4.78 is 1.95. The maximum Gasteiger partial charge on any atom is 0.335 e. The second kappa shape index (κ2) is 3.22. The van der Waals surface area contributed by atoms with E-state index in [1.807, 2.05) is 0 Å². The lowest BCUT2D eigenvalue weighted by Crippen LogP contribution is -1.94. The van der Waals surface area contributed by atoms with E-state index < -0.39 is 5.97 Å². The summed E-state index contributed by atoms with van der Waals surface area (Å²) in [5.74, 6) is -0.912. The highest BCUT2D eigenvalue weighted by molar-refractivity contribution is 14.1. The number of carboxylic acid groups (broad SMARTS) is 1. The van der Waals surface area contributed by atoms with E-state index in [9.17, 15) is 4.79 Å². The summed E-state index contributed by atoms with van der Waals surface area (Å²) in [6.45, 7) is 0. The van der Waals surface area contributed by atoms with Crippen molar-refractivity contribution in [2.75, 3.05) is 0 Å². The van der Waals surface area contributed by atoms with Gasteiger partial charge in [0.1, 0.15) is 0 Å². The average molecular weight is 305 g/mol. The standard InChI is InChI=1S/C8H4INO2S/c9-8-10-5-3-4(7(11)12)1-2-6(5)13-8/h1-3H,(H,11,12). The van der Waals surface area contributed by atoms with Crippen LogP contribution in [0, 0.1) is 3.01 Å². The Morgan fingerprint density at radius 1 is 1.54 bits per heavy atom. The normalized spacial score (nSPS) is 10.5. The monoisotopic (exact) mass is 305 g/mol. The third kappa shape index (κ3) is 1.66. The van der Waals surface area contributed by atoms with Gasteiger partial charge in [-0.1, -0.05) is 0 Å². The Morgan fingerprint density at radius 3 is 3.00 bits per heavy atom. The van der Waals surface area contributed by atoms with Crippen LogP contribution in [0.5, 0.6) is 0 Å². The molecule has 1 aromatic heterocycles. The van der Waals surface area contributed by atoms with Crippen molar-refractivity contribution in [2.45, 2.75) is 0 Å². The molecule has 66 valence electrons. The van der Waals surface area contributed by atoms with Gasteiger partial charge in [-0.05, 0) is 40.8 Å². The summed E-state index contributed by atoms with van der Waals surface area (Å²) in [6, 6.07) is 4.98. The van der Waals surface area contributed by atoms with E-state index in [1.54, 1.807) is 29.5 Å². The molecule has 0 unspecified atom stereocenters. The lowest BCUT2D eigenvalue weighted by molar-refractivity contribution is 0.0697. The number of aromatic carboxylic acids is 1. The van der Waals surface area contributed by atoms with Crippen LogP contribution in [0.15, 0.2) is 18.2 Å². The number of nitrogens with zero attached hydrogens (tertiary/aromatic N) is 1. The van der Waals surface area contributed by atoms with Crippen LogP contribution in [0.25, 0.3) is 10.2 Å². The van der Waals surface area contributed by atoms with E-state index in [-0.39, 0.29) is 5.56 Å². The molecule has 0 fully saturated rings. The van der Waals surface area contributed by atoms with Gasteiger partial charge in [0.05, 0.1) is 15.8 Å². The summed E-state index contributed by atoms with van der Waals surface area (Å²) in [5, 5.41) is 8.72. The van der Waals surface area contributed by atoms with Crippen LogP contribution in [0.4, 0.5) is 0 Å². The highest BCUT2D eigenvalue weighted by Gasteiger charge is 2.06. The topological polar surface area (TPSA) is 50.2 Å². The van der Waals surface area contributed by atoms with Crippen molar-refractivity contribution in [1.29, 1.82) is 0 Å². The number of rotatable bonds is 1. The highest BCUT2D eigenvalue weighted by atomic mass is 127. The molecule has 13 heavy (non-hydrogen) atoms. The second-order valence-corrected chi connectivity index (χ2v) is 5.24. The van der Waals surface area contributed by atoms with Crippen LogP contribution in [0.2, 0.25) is 0 Å². The molecule has 1 N–H and O–H groups in total. The largest absolute Gasteiger partial charge is 0.478 e. The Labute approximate surface area is 91.6 Å². The van der Waals surface area contributed by atoms with E-state index >= 15 is 0 Å². The first-order valence-electron chi connectivity index (χ1n) is 3.46. The van der Waals surface area contributed by atoms with Crippen molar-refractivity contribution in [1.82, 2.24) is 4.98 Å². The minimum absolute atomic E-state index is 0.286. The van der Waals surface area contributed by atoms with Gasteiger partial charge in [0, 0.05) is 0 Å². The fourth-order valence-electron chi connectivity index (χ4n) is 1.03. The SMILES string of the molecule is O=C(O)c1ccc2sc(I)nc2c1. The van der Waals surface area contributed by atoms with Crippen molar-refractivity contribution in [3.05, 3.63) is 26.8 Å². The number of thiazole rings is 1. The number of halogens is 1. The Bertz CT molecular complexity index is 480. The zero-order chi connectivity index (χ0) is 9.42. The smallest absolute Gasteiger partial charge is 0.335 e. The molecule has 0 saturated heterocycles. The predicted octanol–water partition coefficient (Wildman–Crippen LogP) is 2.60. The maximum absolute atomic E-state index is 10.6. The molecule has 5 heteroatoms. The first kappa shape index (κ1) is 8.89. The van der Waals surface area contributed by atoms with Crippen molar-refractivity contribution in [2.24, 2.45) is 0 Å². The van der Waals surface area contributed by atoms with Gasteiger partial charge in [-0.2, -0.15) is 0 Å². The lowest BCUT2D eigenvalue weighted by Gasteiger charge is -1.91. The van der Waals surface area contributed by atoms with Crippen LogP contribution in [0.3, 0.4) is 0 Å². The second-order valence-electron chi connectivity index (χ2n) is 2.45. The van der Waals surface area contributed by atoms with Crippen LogP contribution in [0.1, 0.15) is 10.4 Å². The first-order chi connectivity index (χ1) is 6.16. The molecule has 0 saturated carbocycles. The highest BCUT2D eigenvalue weighted by Crippen LogP contribution is 2.23. The zero-order valence-corrected chi connectivity index (χ0v) is 9.29. The van der Waals surface area contributed by atoms with E-state index in [0.717, 1.165) is 13.2 Å². The fraction of sp³-hybridized carbons (Fsp3) is 0. The molecular weight excluding hydrogens is 301 g/mol. The van der Waals surface area contributed by atoms with Crippen molar-refractivity contribution in [3.63, 3.8) is 0 Å². The molecule has 1 heterocycles. The number of hydrogen-bond acceptors (Lipinski definition) is 3. The molecule has 0 atom stereocenters. The van der Waals surface area contributed by atoms with E-state index in [2.05, 4.69) is 27.6 Å². The Morgan fingerprint density at radius 2 is 2.31 bits per heavy atom. The molecule has 1 aromatic carbocycles. The summed E-state index contributed by atoms with van der Waals surface area (Å²) in [4.78, 5) is 14.8. The van der Waals surface area contributed by atoms with Gasteiger partial charge in [0.25, 0.3) is 0 Å². The Kier molecular flexibility index (Phi) is 2.20. The Hall–Kier alpha value is -0.690. The molecule has 0 radical (unpaired) electrons. The number of carboxylic acids is 1. The molecule has 0 aliphatic carbocycles.